The Labute approximate surface area is 184 Å². The van der Waals surface area contributed by atoms with E-state index >= 15 is 0 Å². The lowest BCUT2D eigenvalue weighted by atomic mass is 9.89. The van der Waals surface area contributed by atoms with Gasteiger partial charge < -0.3 is 14.2 Å². The molecule has 7 heteroatoms. The summed E-state index contributed by atoms with van der Waals surface area (Å²) in [5.74, 6) is -0.560. The summed E-state index contributed by atoms with van der Waals surface area (Å²) in [5.41, 5.74) is 1.43. The molecule has 1 saturated heterocycles. The number of hydrogen-bond donors (Lipinski definition) is 0. The molecular weight excluding hydrogens is 415 g/mol. The van der Waals surface area contributed by atoms with E-state index in [0.29, 0.717) is 12.2 Å². The van der Waals surface area contributed by atoms with Gasteiger partial charge in [-0.3, -0.25) is 9.09 Å². The molecule has 2 aromatic rings. The number of carbonyl (C=O) groups excluding carboxylic acids is 1. The molecule has 6 nitrogen and oxygen atoms in total. The van der Waals surface area contributed by atoms with Gasteiger partial charge in [0.1, 0.15) is 6.10 Å². The molecule has 0 spiro atoms. The van der Waals surface area contributed by atoms with E-state index in [1.165, 1.54) is 13.3 Å². The van der Waals surface area contributed by atoms with Gasteiger partial charge in [-0.25, -0.2) is 4.79 Å². The van der Waals surface area contributed by atoms with Gasteiger partial charge >= 0.3 is 5.97 Å². The van der Waals surface area contributed by atoms with Gasteiger partial charge in [-0.1, -0.05) is 62.4 Å². The fourth-order valence-corrected chi connectivity index (χ4v) is 4.41. The van der Waals surface area contributed by atoms with Crippen molar-refractivity contribution in [3.05, 3.63) is 71.8 Å². The molecule has 31 heavy (non-hydrogen) atoms. The van der Waals surface area contributed by atoms with Crippen molar-refractivity contribution in [2.75, 3.05) is 13.3 Å². The Bertz CT molecular complexity index is 881. The van der Waals surface area contributed by atoms with Crippen LogP contribution in [0.15, 0.2) is 60.7 Å². The highest BCUT2D eigenvalue weighted by molar-refractivity contribution is 7.57. The van der Waals surface area contributed by atoms with Crippen molar-refractivity contribution in [2.24, 2.45) is 5.92 Å². The van der Waals surface area contributed by atoms with Gasteiger partial charge in [0, 0.05) is 19.2 Å². The van der Waals surface area contributed by atoms with Gasteiger partial charge in [-0.05, 0) is 24.1 Å². The first-order valence-corrected chi connectivity index (χ1v) is 13.1. The van der Waals surface area contributed by atoms with Gasteiger partial charge in [-0.15, -0.1) is 0 Å². The average Bonchev–Trinajstić information content (AvgIpc) is 2.75. The Morgan fingerprint density at radius 3 is 2.19 bits per heavy atom. The van der Waals surface area contributed by atoms with Crippen LogP contribution in [0.5, 0.6) is 0 Å². The van der Waals surface area contributed by atoms with Crippen LogP contribution in [0.25, 0.3) is 0 Å². The second kappa shape index (κ2) is 10.6. The van der Waals surface area contributed by atoms with E-state index in [9.17, 15) is 9.36 Å². The van der Waals surface area contributed by atoms with Crippen LogP contribution >= 0.6 is 7.37 Å². The van der Waals surface area contributed by atoms with Crippen molar-refractivity contribution in [2.45, 2.75) is 51.5 Å². The van der Waals surface area contributed by atoms with Crippen LogP contribution in [0, 0.1) is 5.92 Å². The predicted octanol–water partition coefficient (Wildman–Crippen LogP) is 5.12. The van der Waals surface area contributed by atoms with Gasteiger partial charge in [0.05, 0.1) is 18.3 Å². The van der Waals surface area contributed by atoms with Gasteiger partial charge in [0.2, 0.25) is 6.29 Å². The zero-order chi connectivity index (χ0) is 22.4. The molecule has 168 valence electrons. The monoisotopic (exact) mass is 446 g/mol. The highest BCUT2D eigenvalue weighted by Crippen LogP contribution is 2.44. The Kier molecular flexibility index (Phi) is 8.06. The van der Waals surface area contributed by atoms with E-state index in [1.54, 1.807) is 24.3 Å². The summed E-state index contributed by atoms with van der Waals surface area (Å²) >= 11 is 0. The van der Waals surface area contributed by atoms with Crippen molar-refractivity contribution in [3.63, 3.8) is 0 Å². The largest absolute Gasteiger partial charge is 0.451 e. The van der Waals surface area contributed by atoms with E-state index in [4.69, 9.17) is 18.7 Å². The van der Waals surface area contributed by atoms with Gasteiger partial charge in [0.25, 0.3) is 0 Å². The lowest BCUT2D eigenvalue weighted by Crippen LogP contribution is -2.56. The molecule has 1 aliphatic heterocycles. The highest BCUT2D eigenvalue weighted by Gasteiger charge is 2.48. The second-order valence-corrected chi connectivity index (χ2v) is 10.9. The molecule has 1 fully saturated rings. The van der Waals surface area contributed by atoms with Crippen molar-refractivity contribution >= 4 is 13.3 Å². The summed E-state index contributed by atoms with van der Waals surface area (Å²) in [6, 6.07) is 18.5. The van der Waals surface area contributed by atoms with Crippen molar-refractivity contribution in [1.82, 2.24) is 0 Å². The predicted molar refractivity (Wildman–Crippen MR) is 119 cm³/mol. The minimum atomic E-state index is -2.92. The topological polar surface area (TPSA) is 71.1 Å². The highest BCUT2D eigenvalue weighted by atomic mass is 31.2. The number of benzene rings is 2. The Morgan fingerprint density at radius 2 is 1.61 bits per heavy atom. The second-order valence-electron chi connectivity index (χ2n) is 8.16. The molecule has 0 saturated carbocycles. The summed E-state index contributed by atoms with van der Waals surface area (Å²) < 4.78 is 36.5. The van der Waals surface area contributed by atoms with E-state index in [-0.39, 0.29) is 12.0 Å². The van der Waals surface area contributed by atoms with Crippen LogP contribution in [0.2, 0.25) is 0 Å². The molecule has 3 rings (SSSR count). The standard InChI is InChI=1S/C24H31O6P/c1-5-20-17(2)21(27-16-18-12-8-6-9-13-18)22(24(28-20)30-31(3,4)26)29-23(25)19-14-10-7-11-15-19/h6-15,17,20-22,24H,5,16H2,1-4H3. The van der Waals surface area contributed by atoms with Crippen molar-refractivity contribution in [1.29, 1.82) is 0 Å². The minimum Gasteiger partial charge on any atom is -0.451 e. The van der Waals surface area contributed by atoms with E-state index in [0.717, 1.165) is 12.0 Å². The zero-order valence-corrected chi connectivity index (χ0v) is 19.4. The SMILES string of the molecule is CCC1OC(OP(C)(C)=O)C(OC(=O)c2ccccc2)C(OCc2ccccc2)C1C. The minimum absolute atomic E-state index is 0.0600. The summed E-state index contributed by atoms with van der Waals surface area (Å²) in [4.78, 5) is 12.8. The Balaban J connectivity index is 1.87. The van der Waals surface area contributed by atoms with E-state index < -0.39 is 31.8 Å². The average molecular weight is 446 g/mol. The van der Waals surface area contributed by atoms with Crippen LogP contribution in [0.1, 0.15) is 36.2 Å². The Morgan fingerprint density at radius 1 is 1.00 bits per heavy atom. The maximum Gasteiger partial charge on any atom is 0.338 e. The molecule has 0 aliphatic carbocycles. The quantitative estimate of drug-likeness (QED) is 0.414. The molecule has 0 amide bonds. The zero-order valence-electron chi connectivity index (χ0n) is 18.5. The fraction of sp³-hybridized carbons (Fsp3) is 0.458. The van der Waals surface area contributed by atoms with Crippen LogP contribution in [0.4, 0.5) is 0 Å². The number of rotatable bonds is 8. The molecule has 0 bridgehead atoms. The van der Waals surface area contributed by atoms with Gasteiger partial charge in [0.15, 0.2) is 13.5 Å². The van der Waals surface area contributed by atoms with E-state index in [2.05, 4.69) is 0 Å². The maximum absolute atomic E-state index is 12.8. The number of hydrogen-bond acceptors (Lipinski definition) is 6. The molecule has 1 heterocycles. The third-order valence-electron chi connectivity index (χ3n) is 5.30. The maximum atomic E-state index is 12.8. The van der Waals surface area contributed by atoms with E-state index in [1.807, 2.05) is 50.2 Å². The Hall–Kier alpha value is -1.98. The molecule has 5 atom stereocenters. The summed E-state index contributed by atoms with van der Waals surface area (Å²) in [6.45, 7) is 7.42. The third-order valence-corrected chi connectivity index (χ3v) is 6.02. The molecule has 5 unspecified atom stereocenters. The first kappa shape index (κ1) is 23.7. The third kappa shape index (κ3) is 6.50. The van der Waals surface area contributed by atoms with Crippen LogP contribution in [-0.4, -0.2) is 43.9 Å². The van der Waals surface area contributed by atoms with Crippen LogP contribution in [-0.2, 0) is 29.9 Å². The smallest absolute Gasteiger partial charge is 0.338 e. The summed E-state index contributed by atoms with van der Waals surface area (Å²) in [5, 5.41) is 0. The molecule has 0 radical (unpaired) electrons. The van der Waals surface area contributed by atoms with Crippen molar-refractivity contribution < 1.29 is 28.1 Å². The number of ether oxygens (including phenoxy) is 3. The summed E-state index contributed by atoms with van der Waals surface area (Å²) in [7, 11) is -2.92. The first-order chi connectivity index (χ1) is 14.8. The van der Waals surface area contributed by atoms with Gasteiger partial charge in [-0.2, -0.15) is 0 Å². The normalized spacial score (nSPS) is 26.4. The van der Waals surface area contributed by atoms with Crippen LogP contribution < -0.4 is 0 Å². The lowest BCUT2D eigenvalue weighted by Gasteiger charge is -2.44. The molecular formula is C24H31O6P. The fourth-order valence-electron chi connectivity index (χ4n) is 3.74. The number of carbonyl (C=O) groups is 1. The molecule has 0 N–H and O–H groups in total. The number of esters is 1. The van der Waals surface area contributed by atoms with Crippen LogP contribution in [0.3, 0.4) is 0 Å². The lowest BCUT2D eigenvalue weighted by molar-refractivity contribution is -0.265. The summed E-state index contributed by atoms with van der Waals surface area (Å²) in [6.07, 6.45) is -1.77. The molecule has 1 aliphatic rings. The van der Waals surface area contributed by atoms with Crippen molar-refractivity contribution in [3.8, 4) is 0 Å². The first-order valence-electron chi connectivity index (χ1n) is 10.6. The molecule has 0 aromatic heterocycles. The molecule has 2 aromatic carbocycles.